The molecule has 0 saturated heterocycles. The Morgan fingerprint density at radius 1 is 0.971 bits per heavy atom. The normalized spacial score (nSPS) is 10.6. The molecule has 0 fully saturated rings. The summed E-state index contributed by atoms with van der Waals surface area (Å²) in [5.74, 6) is 0.801. The van der Waals surface area contributed by atoms with E-state index in [0.29, 0.717) is 45.0 Å². The van der Waals surface area contributed by atoms with Crippen LogP contribution in [-0.2, 0) is 0 Å². The van der Waals surface area contributed by atoms with Crippen LogP contribution in [-0.4, -0.2) is 37.1 Å². The van der Waals surface area contributed by atoms with Crippen molar-refractivity contribution in [1.29, 1.82) is 0 Å². The Labute approximate surface area is 205 Å². The van der Waals surface area contributed by atoms with Gasteiger partial charge in [0.15, 0.2) is 11.5 Å². The number of nitrogens with one attached hydrogen (secondary N) is 1. The van der Waals surface area contributed by atoms with Gasteiger partial charge >= 0.3 is 0 Å². The van der Waals surface area contributed by atoms with Crippen LogP contribution in [0.5, 0.6) is 17.2 Å². The summed E-state index contributed by atoms with van der Waals surface area (Å²) in [4.78, 5) is 28.7. The highest BCUT2D eigenvalue weighted by Crippen LogP contribution is 2.41. The number of halogens is 1. The number of hydrogen-bond donors (Lipinski definition) is 1. The van der Waals surface area contributed by atoms with Crippen LogP contribution in [0.4, 0.5) is 11.4 Å². The molecule has 35 heavy (non-hydrogen) atoms. The number of carbonyl (C=O) groups excluding carboxylic acids is 1. The predicted octanol–water partition coefficient (Wildman–Crippen LogP) is 5.74. The lowest BCUT2D eigenvalue weighted by Crippen LogP contribution is -2.13. The molecule has 3 aromatic carbocycles. The maximum atomic E-state index is 13.4. The van der Waals surface area contributed by atoms with E-state index in [1.54, 1.807) is 36.4 Å². The molecule has 4 rings (SSSR count). The summed E-state index contributed by atoms with van der Waals surface area (Å²) in [6.45, 7) is 0. The number of ether oxygens (including phenoxy) is 3. The molecular weight excluding hydrogens is 474 g/mol. The van der Waals surface area contributed by atoms with Crippen molar-refractivity contribution in [2.24, 2.45) is 0 Å². The van der Waals surface area contributed by atoms with Crippen LogP contribution < -0.4 is 19.5 Å². The number of nitro benzene ring substituents is 1. The van der Waals surface area contributed by atoms with Gasteiger partial charge in [-0.3, -0.25) is 14.9 Å². The molecule has 4 aromatic rings. The molecule has 0 atom stereocenters. The molecule has 0 saturated carbocycles. The van der Waals surface area contributed by atoms with Gasteiger partial charge in [0.25, 0.3) is 11.6 Å². The first kappa shape index (κ1) is 23.8. The minimum Gasteiger partial charge on any atom is -0.493 e. The van der Waals surface area contributed by atoms with E-state index in [0.717, 1.165) is 0 Å². The molecule has 9 nitrogen and oxygen atoms in total. The van der Waals surface area contributed by atoms with Gasteiger partial charge in [-0.05, 0) is 30.3 Å². The van der Waals surface area contributed by atoms with E-state index in [1.165, 1.54) is 39.5 Å². The molecule has 0 aliphatic carbocycles. The molecule has 0 aliphatic heterocycles. The number of para-hydroxylation sites is 1. The fourth-order valence-electron chi connectivity index (χ4n) is 3.65. The van der Waals surface area contributed by atoms with Crippen LogP contribution in [0.1, 0.15) is 10.4 Å². The Hall–Kier alpha value is -4.37. The number of pyridine rings is 1. The van der Waals surface area contributed by atoms with Gasteiger partial charge in [0.1, 0.15) is 0 Å². The summed E-state index contributed by atoms with van der Waals surface area (Å²) in [6.07, 6.45) is 0. The molecule has 1 heterocycles. The fraction of sp³-hybridized carbons (Fsp3) is 0.120. The van der Waals surface area contributed by atoms with E-state index >= 15 is 0 Å². The van der Waals surface area contributed by atoms with E-state index in [-0.39, 0.29) is 16.4 Å². The number of benzene rings is 3. The zero-order chi connectivity index (χ0) is 25.1. The number of fused-ring (bicyclic) bond motifs is 1. The molecule has 0 spiro atoms. The Bertz CT molecular complexity index is 1430. The van der Waals surface area contributed by atoms with Crippen LogP contribution in [0.15, 0.2) is 60.7 Å². The molecule has 0 radical (unpaired) electrons. The van der Waals surface area contributed by atoms with Gasteiger partial charge in [-0.2, -0.15) is 0 Å². The topological polar surface area (TPSA) is 113 Å². The highest BCUT2D eigenvalue weighted by molar-refractivity contribution is 6.34. The van der Waals surface area contributed by atoms with Crippen molar-refractivity contribution in [2.45, 2.75) is 0 Å². The predicted molar refractivity (Wildman–Crippen MR) is 133 cm³/mol. The van der Waals surface area contributed by atoms with Crippen molar-refractivity contribution < 1.29 is 23.9 Å². The average Bonchev–Trinajstić information content (AvgIpc) is 2.88. The van der Waals surface area contributed by atoms with E-state index in [2.05, 4.69) is 5.32 Å². The lowest BCUT2D eigenvalue weighted by Gasteiger charge is -2.15. The number of non-ortho nitro benzene ring substituents is 1. The Kier molecular flexibility index (Phi) is 6.70. The Morgan fingerprint density at radius 2 is 1.66 bits per heavy atom. The molecule has 10 heteroatoms. The highest BCUT2D eigenvalue weighted by atomic mass is 35.5. The van der Waals surface area contributed by atoms with Crippen molar-refractivity contribution in [1.82, 2.24) is 4.98 Å². The van der Waals surface area contributed by atoms with Crippen molar-refractivity contribution >= 4 is 39.8 Å². The number of hydrogen-bond acceptors (Lipinski definition) is 7. The molecule has 1 N–H and O–H groups in total. The van der Waals surface area contributed by atoms with E-state index in [1.807, 2.05) is 6.07 Å². The monoisotopic (exact) mass is 493 g/mol. The summed E-state index contributed by atoms with van der Waals surface area (Å²) >= 11 is 6.18. The van der Waals surface area contributed by atoms with Crippen molar-refractivity contribution in [3.63, 3.8) is 0 Å². The van der Waals surface area contributed by atoms with Crippen LogP contribution in [0.3, 0.4) is 0 Å². The number of aromatic nitrogens is 1. The second-order valence-electron chi connectivity index (χ2n) is 7.36. The number of anilines is 1. The van der Waals surface area contributed by atoms with E-state index in [4.69, 9.17) is 30.8 Å². The van der Waals surface area contributed by atoms with Gasteiger partial charge in [-0.25, -0.2) is 4.98 Å². The number of amides is 1. The zero-order valence-electron chi connectivity index (χ0n) is 19.0. The largest absolute Gasteiger partial charge is 0.493 e. The average molecular weight is 494 g/mol. The lowest BCUT2D eigenvalue weighted by molar-refractivity contribution is -0.384. The highest BCUT2D eigenvalue weighted by Gasteiger charge is 2.19. The summed E-state index contributed by atoms with van der Waals surface area (Å²) in [6, 6.07) is 16.1. The summed E-state index contributed by atoms with van der Waals surface area (Å²) in [5.41, 5.74) is 1.94. The number of methoxy groups -OCH3 is 3. The first-order valence-corrected chi connectivity index (χ1v) is 10.7. The van der Waals surface area contributed by atoms with Gasteiger partial charge in [0.05, 0.1) is 53.7 Å². The first-order valence-electron chi connectivity index (χ1n) is 10.3. The van der Waals surface area contributed by atoms with Crippen LogP contribution in [0.25, 0.3) is 22.2 Å². The maximum Gasteiger partial charge on any atom is 0.271 e. The SMILES string of the molecule is COc1cc(-c2cc(C(=O)Nc3cc([N+](=O)[O-])ccc3Cl)c3ccccc3n2)cc(OC)c1OC. The standard InChI is InChI=1S/C25H20ClN3O6/c1-33-22-10-14(11-23(34-2)24(22)35-3)20-13-17(16-6-4-5-7-19(16)27-20)25(30)28-21-12-15(29(31)32)8-9-18(21)26/h4-13H,1-3H3,(H,28,30). The van der Waals surface area contributed by atoms with Gasteiger partial charge in [0.2, 0.25) is 5.75 Å². The zero-order valence-corrected chi connectivity index (χ0v) is 19.8. The molecule has 1 aromatic heterocycles. The maximum absolute atomic E-state index is 13.4. The number of nitro groups is 1. The van der Waals surface area contributed by atoms with E-state index in [9.17, 15) is 14.9 Å². The summed E-state index contributed by atoms with van der Waals surface area (Å²) < 4.78 is 16.3. The van der Waals surface area contributed by atoms with Crippen molar-refractivity contribution in [3.8, 4) is 28.5 Å². The molecule has 0 unspecified atom stereocenters. The Morgan fingerprint density at radius 3 is 2.29 bits per heavy atom. The minimum atomic E-state index is -0.559. The third kappa shape index (κ3) is 4.67. The van der Waals surface area contributed by atoms with Gasteiger partial charge in [-0.15, -0.1) is 0 Å². The van der Waals surface area contributed by atoms with Gasteiger partial charge < -0.3 is 19.5 Å². The van der Waals surface area contributed by atoms with Gasteiger partial charge in [-0.1, -0.05) is 29.8 Å². The molecule has 178 valence electrons. The van der Waals surface area contributed by atoms with Crippen LogP contribution in [0.2, 0.25) is 5.02 Å². The van der Waals surface area contributed by atoms with Gasteiger partial charge in [0, 0.05) is 23.1 Å². The summed E-state index contributed by atoms with van der Waals surface area (Å²) in [5, 5.41) is 14.6. The molecular formula is C25H20ClN3O6. The van der Waals surface area contributed by atoms with E-state index < -0.39 is 10.8 Å². The fourth-order valence-corrected chi connectivity index (χ4v) is 3.82. The lowest BCUT2D eigenvalue weighted by atomic mass is 10.0. The molecule has 0 bridgehead atoms. The van der Waals surface area contributed by atoms with Crippen LogP contribution >= 0.6 is 11.6 Å². The van der Waals surface area contributed by atoms with Crippen LogP contribution in [0, 0.1) is 10.1 Å². The number of rotatable bonds is 7. The second-order valence-corrected chi connectivity index (χ2v) is 7.77. The minimum absolute atomic E-state index is 0.126. The van der Waals surface area contributed by atoms with Crippen molar-refractivity contribution in [2.75, 3.05) is 26.6 Å². The second kappa shape index (κ2) is 9.86. The Balaban J connectivity index is 1.84. The molecule has 0 aliphatic rings. The number of nitrogens with zero attached hydrogens (tertiary/aromatic N) is 2. The summed E-state index contributed by atoms with van der Waals surface area (Å²) in [7, 11) is 4.53. The first-order chi connectivity index (χ1) is 16.9. The number of carbonyl (C=O) groups is 1. The quantitative estimate of drug-likeness (QED) is 0.258. The molecule has 1 amide bonds. The third-order valence-electron chi connectivity index (χ3n) is 5.33. The smallest absolute Gasteiger partial charge is 0.271 e. The van der Waals surface area contributed by atoms with Crippen molar-refractivity contribution in [3.05, 3.63) is 81.4 Å². The third-order valence-corrected chi connectivity index (χ3v) is 5.66.